The van der Waals surface area contributed by atoms with Crippen LogP contribution in [-0.4, -0.2) is 22.6 Å². The van der Waals surface area contributed by atoms with Gasteiger partial charge in [-0.1, -0.05) is 65.7 Å². The third-order valence-corrected chi connectivity index (χ3v) is 5.71. The number of hydrogen-bond donors (Lipinski definition) is 2. The molecule has 3 amide bonds. The van der Waals surface area contributed by atoms with Crippen LogP contribution in [0.5, 0.6) is 0 Å². The SMILES string of the molecule is Cc1ccc(NC(=O)c2ccc(C)c(NC3=C(Cl)C(=O)N(Cc4ccccc4)C3=O)c2)cc1. The number of amides is 3. The molecule has 0 saturated heterocycles. The van der Waals surface area contributed by atoms with E-state index in [-0.39, 0.29) is 23.2 Å². The summed E-state index contributed by atoms with van der Waals surface area (Å²) in [5.41, 5.74) is 4.30. The van der Waals surface area contributed by atoms with Gasteiger partial charge >= 0.3 is 0 Å². The van der Waals surface area contributed by atoms with E-state index in [0.29, 0.717) is 16.9 Å². The summed E-state index contributed by atoms with van der Waals surface area (Å²) in [5.74, 6) is -1.36. The third-order valence-electron chi connectivity index (χ3n) is 5.36. The summed E-state index contributed by atoms with van der Waals surface area (Å²) in [4.78, 5) is 39.4. The number of benzene rings is 3. The molecule has 0 radical (unpaired) electrons. The molecule has 0 aliphatic carbocycles. The summed E-state index contributed by atoms with van der Waals surface area (Å²) in [6.07, 6.45) is 0. The first-order valence-electron chi connectivity index (χ1n) is 10.4. The van der Waals surface area contributed by atoms with Crippen molar-refractivity contribution < 1.29 is 14.4 Å². The van der Waals surface area contributed by atoms with Crippen LogP contribution in [0.15, 0.2) is 83.5 Å². The number of aryl methyl sites for hydroxylation is 2. The highest BCUT2D eigenvalue weighted by Crippen LogP contribution is 2.29. The molecule has 0 atom stereocenters. The van der Waals surface area contributed by atoms with Gasteiger partial charge in [-0.2, -0.15) is 0 Å². The first-order chi connectivity index (χ1) is 15.8. The molecule has 1 aliphatic heterocycles. The lowest BCUT2D eigenvalue weighted by Crippen LogP contribution is -2.31. The second kappa shape index (κ2) is 9.30. The van der Waals surface area contributed by atoms with Gasteiger partial charge < -0.3 is 10.6 Å². The molecule has 0 spiro atoms. The lowest BCUT2D eigenvalue weighted by molar-refractivity contribution is -0.138. The number of carbonyl (C=O) groups excluding carboxylic acids is 3. The van der Waals surface area contributed by atoms with Crippen molar-refractivity contribution in [2.75, 3.05) is 10.6 Å². The van der Waals surface area contributed by atoms with Gasteiger partial charge in [0.05, 0.1) is 6.54 Å². The van der Waals surface area contributed by atoms with Crippen LogP contribution in [0.1, 0.15) is 27.0 Å². The fraction of sp³-hybridized carbons (Fsp3) is 0.115. The van der Waals surface area contributed by atoms with E-state index in [2.05, 4.69) is 10.6 Å². The van der Waals surface area contributed by atoms with Gasteiger partial charge in [0.25, 0.3) is 17.7 Å². The molecule has 6 nitrogen and oxygen atoms in total. The molecule has 7 heteroatoms. The lowest BCUT2D eigenvalue weighted by Gasteiger charge is -2.16. The highest BCUT2D eigenvalue weighted by atomic mass is 35.5. The van der Waals surface area contributed by atoms with E-state index in [1.165, 1.54) is 0 Å². The molecule has 1 aliphatic rings. The zero-order chi connectivity index (χ0) is 23.5. The highest BCUT2D eigenvalue weighted by Gasteiger charge is 2.38. The van der Waals surface area contributed by atoms with E-state index < -0.39 is 11.8 Å². The number of hydrogen-bond acceptors (Lipinski definition) is 4. The van der Waals surface area contributed by atoms with Gasteiger partial charge in [0.2, 0.25) is 0 Å². The van der Waals surface area contributed by atoms with Crippen LogP contribution in [0.25, 0.3) is 0 Å². The second-order valence-corrected chi connectivity index (χ2v) is 8.22. The predicted molar refractivity (Wildman–Crippen MR) is 129 cm³/mol. The van der Waals surface area contributed by atoms with Gasteiger partial charge in [0.1, 0.15) is 10.7 Å². The number of nitrogens with one attached hydrogen (secondary N) is 2. The zero-order valence-electron chi connectivity index (χ0n) is 18.2. The molecule has 166 valence electrons. The maximum absolute atomic E-state index is 13.0. The van der Waals surface area contributed by atoms with Gasteiger partial charge in [-0.3, -0.25) is 19.3 Å². The molecule has 0 bridgehead atoms. The first kappa shape index (κ1) is 22.3. The van der Waals surface area contributed by atoms with Gasteiger partial charge in [-0.15, -0.1) is 0 Å². The van der Waals surface area contributed by atoms with Crippen molar-refractivity contribution in [3.63, 3.8) is 0 Å². The summed E-state index contributed by atoms with van der Waals surface area (Å²) in [6.45, 7) is 3.93. The molecule has 0 aromatic heterocycles. The minimum absolute atomic E-state index is 0.00297. The Morgan fingerprint density at radius 3 is 2.30 bits per heavy atom. The van der Waals surface area contributed by atoms with Gasteiger partial charge in [0.15, 0.2) is 0 Å². The average Bonchev–Trinajstić information content (AvgIpc) is 3.01. The van der Waals surface area contributed by atoms with E-state index in [1.54, 1.807) is 18.2 Å². The maximum atomic E-state index is 13.0. The zero-order valence-corrected chi connectivity index (χ0v) is 18.9. The Hall–Kier alpha value is -3.90. The Bertz CT molecular complexity index is 1270. The van der Waals surface area contributed by atoms with Crippen molar-refractivity contribution >= 4 is 40.7 Å². The summed E-state index contributed by atoms with van der Waals surface area (Å²) in [7, 11) is 0. The molecule has 0 fully saturated rings. The second-order valence-electron chi connectivity index (χ2n) is 7.85. The Labute approximate surface area is 196 Å². The highest BCUT2D eigenvalue weighted by molar-refractivity contribution is 6.48. The lowest BCUT2D eigenvalue weighted by atomic mass is 10.1. The smallest absolute Gasteiger partial charge is 0.279 e. The van der Waals surface area contributed by atoms with Crippen molar-refractivity contribution in [1.29, 1.82) is 0 Å². The van der Waals surface area contributed by atoms with Crippen LogP contribution in [-0.2, 0) is 16.1 Å². The minimum atomic E-state index is -0.557. The van der Waals surface area contributed by atoms with Crippen LogP contribution >= 0.6 is 11.6 Å². The number of anilines is 2. The van der Waals surface area contributed by atoms with Gasteiger partial charge in [-0.05, 0) is 49.2 Å². The molecule has 2 N–H and O–H groups in total. The van der Waals surface area contributed by atoms with Crippen LogP contribution in [0.2, 0.25) is 0 Å². The normalized spacial score (nSPS) is 13.5. The van der Waals surface area contributed by atoms with Crippen LogP contribution in [0.4, 0.5) is 11.4 Å². The predicted octanol–water partition coefficient (Wildman–Crippen LogP) is 4.99. The number of halogens is 1. The van der Waals surface area contributed by atoms with Crippen molar-refractivity contribution in [3.05, 3.63) is 106 Å². The largest absolute Gasteiger partial charge is 0.349 e. The minimum Gasteiger partial charge on any atom is -0.349 e. The molecule has 3 aromatic carbocycles. The van der Waals surface area contributed by atoms with Crippen molar-refractivity contribution in [2.24, 2.45) is 0 Å². The standard InChI is InChI=1S/C26H22ClN3O3/c1-16-8-12-20(13-9-16)28-24(31)19-11-10-17(2)21(14-19)29-23-22(27)25(32)30(26(23)33)15-18-6-4-3-5-7-18/h3-14,29H,15H2,1-2H3,(H,28,31). The third kappa shape index (κ3) is 4.81. The quantitative estimate of drug-likeness (QED) is 0.509. The number of carbonyl (C=O) groups is 3. The molecule has 4 rings (SSSR count). The van der Waals surface area contributed by atoms with E-state index in [0.717, 1.165) is 21.6 Å². The monoisotopic (exact) mass is 459 g/mol. The molecular weight excluding hydrogens is 438 g/mol. The van der Waals surface area contributed by atoms with Gasteiger partial charge in [0, 0.05) is 16.9 Å². The number of nitrogens with zero attached hydrogens (tertiary/aromatic N) is 1. The Morgan fingerprint density at radius 2 is 1.61 bits per heavy atom. The van der Waals surface area contributed by atoms with E-state index in [9.17, 15) is 14.4 Å². The molecule has 33 heavy (non-hydrogen) atoms. The molecule has 1 heterocycles. The Kier molecular flexibility index (Phi) is 6.29. The van der Waals surface area contributed by atoms with E-state index in [1.807, 2.05) is 68.4 Å². The fourth-order valence-electron chi connectivity index (χ4n) is 3.44. The van der Waals surface area contributed by atoms with Crippen molar-refractivity contribution in [1.82, 2.24) is 4.90 Å². The maximum Gasteiger partial charge on any atom is 0.279 e. The Morgan fingerprint density at radius 1 is 0.909 bits per heavy atom. The fourth-order valence-corrected chi connectivity index (χ4v) is 3.67. The van der Waals surface area contributed by atoms with E-state index >= 15 is 0 Å². The summed E-state index contributed by atoms with van der Waals surface area (Å²) < 4.78 is 0. The molecule has 3 aromatic rings. The number of rotatable bonds is 6. The van der Waals surface area contributed by atoms with Crippen molar-refractivity contribution in [2.45, 2.75) is 20.4 Å². The number of imide groups is 1. The first-order valence-corrected chi connectivity index (χ1v) is 10.8. The summed E-state index contributed by atoms with van der Waals surface area (Å²) >= 11 is 6.23. The molecule has 0 saturated carbocycles. The van der Waals surface area contributed by atoms with Crippen molar-refractivity contribution in [3.8, 4) is 0 Å². The van der Waals surface area contributed by atoms with Crippen LogP contribution in [0, 0.1) is 13.8 Å². The Balaban J connectivity index is 1.53. The van der Waals surface area contributed by atoms with Crippen LogP contribution in [0.3, 0.4) is 0 Å². The average molecular weight is 460 g/mol. The molecular formula is C26H22ClN3O3. The van der Waals surface area contributed by atoms with Crippen LogP contribution < -0.4 is 10.6 Å². The molecule has 0 unspecified atom stereocenters. The topological polar surface area (TPSA) is 78.5 Å². The summed E-state index contributed by atoms with van der Waals surface area (Å²) in [6, 6.07) is 21.8. The van der Waals surface area contributed by atoms with E-state index in [4.69, 9.17) is 11.6 Å². The van der Waals surface area contributed by atoms with Gasteiger partial charge in [-0.25, -0.2) is 0 Å². The summed E-state index contributed by atoms with van der Waals surface area (Å²) in [5, 5.41) is 5.65.